The summed E-state index contributed by atoms with van der Waals surface area (Å²) in [5.74, 6) is 0.894. The van der Waals surface area contributed by atoms with Crippen LogP contribution in [0.4, 0.5) is 5.69 Å². The fraction of sp³-hybridized carbons (Fsp3) is 0.650. The minimum Gasteiger partial charge on any atom is -0.379 e. The number of anilines is 1. The van der Waals surface area contributed by atoms with Crippen LogP contribution in [0.1, 0.15) is 20.3 Å². The summed E-state index contributed by atoms with van der Waals surface area (Å²) < 4.78 is 6.66. The molecule has 1 aromatic carbocycles. The third-order valence-corrected chi connectivity index (χ3v) is 6.02. The molecule has 2 saturated heterocycles. The zero-order chi connectivity index (χ0) is 19.2. The van der Waals surface area contributed by atoms with Crippen molar-refractivity contribution in [3.8, 4) is 0 Å². The van der Waals surface area contributed by atoms with Crippen molar-refractivity contribution in [3.63, 3.8) is 0 Å². The number of guanidine groups is 1. The lowest BCUT2D eigenvalue weighted by Crippen LogP contribution is -2.53. The summed E-state index contributed by atoms with van der Waals surface area (Å²) in [7, 11) is 1.85. The fourth-order valence-corrected chi connectivity index (χ4v) is 4.17. The Morgan fingerprint density at radius 1 is 1.33 bits per heavy atom. The van der Waals surface area contributed by atoms with Gasteiger partial charge in [-0.05, 0) is 44.5 Å². The lowest BCUT2D eigenvalue weighted by molar-refractivity contribution is -0.0174. The van der Waals surface area contributed by atoms with Crippen molar-refractivity contribution in [3.05, 3.63) is 28.7 Å². The van der Waals surface area contributed by atoms with E-state index in [9.17, 15) is 0 Å². The van der Waals surface area contributed by atoms with Crippen molar-refractivity contribution in [1.29, 1.82) is 0 Å². The van der Waals surface area contributed by atoms with Gasteiger partial charge < -0.3 is 20.3 Å². The predicted octanol–water partition coefficient (Wildman–Crippen LogP) is 2.30. The van der Waals surface area contributed by atoms with E-state index in [-0.39, 0.29) is 0 Å². The maximum absolute atomic E-state index is 5.55. The molecule has 0 bridgehead atoms. The van der Waals surface area contributed by atoms with Crippen LogP contribution in [-0.4, -0.2) is 75.4 Å². The molecule has 2 aliphatic rings. The lowest BCUT2D eigenvalue weighted by atomic mass is 10.2. The van der Waals surface area contributed by atoms with Crippen molar-refractivity contribution in [2.75, 3.05) is 51.3 Å². The highest BCUT2D eigenvalue weighted by molar-refractivity contribution is 9.10. The second-order valence-corrected chi connectivity index (χ2v) is 8.43. The molecule has 3 atom stereocenters. The number of rotatable bonds is 5. The van der Waals surface area contributed by atoms with Crippen molar-refractivity contribution in [1.82, 2.24) is 15.5 Å². The van der Waals surface area contributed by atoms with E-state index < -0.39 is 0 Å². The van der Waals surface area contributed by atoms with Crippen LogP contribution in [-0.2, 0) is 4.74 Å². The van der Waals surface area contributed by atoms with E-state index in [1.54, 1.807) is 0 Å². The van der Waals surface area contributed by atoms with Crippen LogP contribution in [0.15, 0.2) is 33.7 Å². The van der Waals surface area contributed by atoms with Crippen LogP contribution >= 0.6 is 15.9 Å². The second-order valence-electron chi connectivity index (χ2n) is 7.52. The number of ether oxygens (including phenoxy) is 1. The summed E-state index contributed by atoms with van der Waals surface area (Å²) in [6, 6.07) is 9.88. The van der Waals surface area contributed by atoms with Gasteiger partial charge in [0, 0.05) is 61.5 Å². The first-order chi connectivity index (χ1) is 13.1. The first-order valence-electron chi connectivity index (χ1n) is 9.88. The van der Waals surface area contributed by atoms with Gasteiger partial charge in [0.15, 0.2) is 5.96 Å². The van der Waals surface area contributed by atoms with E-state index in [4.69, 9.17) is 4.74 Å². The van der Waals surface area contributed by atoms with E-state index >= 15 is 0 Å². The van der Waals surface area contributed by atoms with Crippen molar-refractivity contribution in [2.45, 2.75) is 38.4 Å². The Bertz CT molecular complexity index is 623. The molecule has 0 amide bonds. The van der Waals surface area contributed by atoms with E-state index in [1.807, 2.05) is 7.05 Å². The van der Waals surface area contributed by atoms with Crippen molar-refractivity contribution < 1.29 is 4.74 Å². The Labute approximate surface area is 171 Å². The molecule has 2 fully saturated rings. The highest BCUT2D eigenvalue weighted by Gasteiger charge is 2.25. The van der Waals surface area contributed by atoms with Gasteiger partial charge in [-0.2, -0.15) is 0 Å². The van der Waals surface area contributed by atoms with E-state index in [0.29, 0.717) is 18.1 Å². The number of halogens is 1. The number of nitrogens with zero attached hydrogens (tertiary/aromatic N) is 3. The molecule has 0 saturated carbocycles. The van der Waals surface area contributed by atoms with Gasteiger partial charge in [0.2, 0.25) is 0 Å². The molecule has 2 N–H and O–H groups in total. The van der Waals surface area contributed by atoms with Gasteiger partial charge in [0.05, 0.1) is 13.2 Å². The van der Waals surface area contributed by atoms with Crippen LogP contribution < -0.4 is 15.5 Å². The quantitative estimate of drug-likeness (QED) is 0.546. The van der Waals surface area contributed by atoms with Gasteiger partial charge in [-0.3, -0.25) is 9.89 Å². The smallest absolute Gasteiger partial charge is 0.191 e. The molecule has 6 nitrogen and oxygen atoms in total. The number of hydrogen-bond donors (Lipinski definition) is 2. The van der Waals surface area contributed by atoms with Crippen LogP contribution in [0.5, 0.6) is 0 Å². The summed E-state index contributed by atoms with van der Waals surface area (Å²) in [6.45, 7) is 10.1. The van der Waals surface area contributed by atoms with Crippen LogP contribution in [0.25, 0.3) is 0 Å². The maximum Gasteiger partial charge on any atom is 0.191 e. The molecule has 0 radical (unpaired) electrons. The molecular formula is C20H32BrN5O. The van der Waals surface area contributed by atoms with Gasteiger partial charge in [0.25, 0.3) is 0 Å². The van der Waals surface area contributed by atoms with Gasteiger partial charge >= 0.3 is 0 Å². The molecular weight excluding hydrogens is 406 g/mol. The fourth-order valence-electron chi connectivity index (χ4n) is 3.91. The van der Waals surface area contributed by atoms with Crippen molar-refractivity contribution in [2.24, 2.45) is 4.99 Å². The highest BCUT2D eigenvalue weighted by Crippen LogP contribution is 2.22. The van der Waals surface area contributed by atoms with Crippen LogP contribution in [0.2, 0.25) is 0 Å². The number of morpholine rings is 1. The largest absolute Gasteiger partial charge is 0.379 e. The molecule has 27 heavy (non-hydrogen) atoms. The molecule has 3 unspecified atom stereocenters. The molecule has 150 valence electrons. The number of nitrogens with one attached hydrogen (secondary N) is 2. The zero-order valence-corrected chi connectivity index (χ0v) is 18.2. The molecule has 0 aromatic heterocycles. The standard InChI is InChI=1S/C20H32BrN5O/c1-15(26-10-11-27-14-16(26)2)12-23-20(22-3)24-18-8-9-25(13-18)19-6-4-17(21)5-7-19/h4-7,15-16,18H,8-14H2,1-3H3,(H2,22,23,24). The first-order valence-corrected chi connectivity index (χ1v) is 10.7. The third-order valence-electron chi connectivity index (χ3n) is 5.49. The average molecular weight is 438 g/mol. The topological polar surface area (TPSA) is 52.1 Å². The van der Waals surface area contributed by atoms with E-state index in [2.05, 4.69) is 79.5 Å². The first kappa shape index (κ1) is 20.4. The number of benzene rings is 1. The highest BCUT2D eigenvalue weighted by atomic mass is 79.9. The third kappa shape index (κ3) is 5.59. The lowest BCUT2D eigenvalue weighted by Gasteiger charge is -2.38. The minimum absolute atomic E-state index is 0.414. The maximum atomic E-state index is 5.55. The summed E-state index contributed by atoms with van der Waals surface area (Å²) >= 11 is 3.50. The van der Waals surface area contributed by atoms with E-state index in [1.165, 1.54) is 5.69 Å². The summed E-state index contributed by atoms with van der Waals surface area (Å²) in [6.07, 6.45) is 1.12. The molecule has 2 aliphatic heterocycles. The Morgan fingerprint density at radius 3 is 2.81 bits per heavy atom. The molecule has 7 heteroatoms. The molecule has 3 rings (SSSR count). The monoisotopic (exact) mass is 437 g/mol. The molecule has 0 spiro atoms. The zero-order valence-electron chi connectivity index (χ0n) is 16.6. The predicted molar refractivity (Wildman–Crippen MR) is 116 cm³/mol. The Hall–Kier alpha value is -1.31. The SMILES string of the molecule is CN=C(NCC(C)N1CCOCC1C)NC1CCN(c2ccc(Br)cc2)C1. The van der Waals surface area contributed by atoms with Gasteiger partial charge in [0.1, 0.15) is 0 Å². The number of aliphatic imine (C=N–C) groups is 1. The summed E-state index contributed by atoms with van der Waals surface area (Å²) in [4.78, 5) is 9.36. The van der Waals surface area contributed by atoms with Crippen LogP contribution in [0.3, 0.4) is 0 Å². The Morgan fingerprint density at radius 2 is 2.11 bits per heavy atom. The normalized spacial score (nSPS) is 25.5. The molecule has 2 heterocycles. The Balaban J connectivity index is 1.45. The van der Waals surface area contributed by atoms with Crippen LogP contribution in [0, 0.1) is 0 Å². The molecule has 1 aromatic rings. The number of hydrogen-bond acceptors (Lipinski definition) is 4. The summed E-state index contributed by atoms with van der Waals surface area (Å²) in [5, 5.41) is 7.10. The molecule has 0 aliphatic carbocycles. The average Bonchev–Trinajstić information content (AvgIpc) is 3.14. The summed E-state index contributed by atoms with van der Waals surface area (Å²) in [5.41, 5.74) is 1.28. The second kappa shape index (κ2) is 9.75. The van der Waals surface area contributed by atoms with Crippen molar-refractivity contribution >= 4 is 27.6 Å². The van der Waals surface area contributed by atoms with E-state index in [0.717, 1.165) is 56.2 Å². The van der Waals surface area contributed by atoms with Gasteiger partial charge in [-0.25, -0.2) is 0 Å². The minimum atomic E-state index is 0.414. The van der Waals surface area contributed by atoms with Gasteiger partial charge in [-0.15, -0.1) is 0 Å². The Kier molecular flexibility index (Phi) is 7.38. The van der Waals surface area contributed by atoms with Gasteiger partial charge in [-0.1, -0.05) is 15.9 Å².